The highest BCUT2D eigenvalue weighted by Gasteiger charge is 2.26. The number of aryl methyl sites for hydroxylation is 1. The molecule has 1 aromatic heterocycles. The van der Waals surface area contributed by atoms with Crippen LogP contribution in [0.4, 0.5) is 0 Å². The zero-order valence-corrected chi connectivity index (χ0v) is 15.5. The number of nitrogens with one attached hydrogen (secondary N) is 1. The molecule has 2 aromatic rings. The number of aromatic nitrogens is 2. The van der Waals surface area contributed by atoms with Crippen LogP contribution in [0.15, 0.2) is 30.3 Å². The quantitative estimate of drug-likeness (QED) is 0.891. The Kier molecular flexibility index (Phi) is 4.83. The summed E-state index contributed by atoms with van der Waals surface area (Å²) in [6.45, 7) is 4.50. The van der Waals surface area contributed by atoms with E-state index in [1.54, 1.807) is 6.92 Å². The van der Waals surface area contributed by atoms with E-state index >= 15 is 0 Å². The van der Waals surface area contributed by atoms with Gasteiger partial charge in [-0.15, -0.1) is 0 Å². The molecular formula is C20H24N4O3. The maximum absolute atomic E-state index is 12.5. The largest absolute Gasteiger partial charge is 0.492 e. The average molecular weight is 368 g/mol. The Labute approximate surface area is 158 Å². The lowest BCUT2D eigenvalue weighted by Crippen LogP contribution is -2.37. The summed E-state index contributed by atoms with van der Waals surface area (Å²) in [4.78, 5) is 26.0. The number of hydrogen-bond donors (Lipinski definition) is 1. The first-order valence-corrected chi connectivity index (χ1v) is 9.39. The van der Waals surface area contributed by atoms with Gasteiger partial charge >= 0.3 is 0 Å². The SMILES string of the molecule is CC(=O)N1CCCn2nc(CNC(=O)C3COc4ccccc4C3)cc2C1. The van der Waals surface area contributed by atoms with Crippen molar-refractivity contribution in [3.8, 4) is 5.75 Å². The van der Waals surface area contributed by atoms with Crippen LogP contribution in [0, 0.1) is 5.92 Å². The first kappa shape index (κ1) is 17.6. The number of ether oxygens (including phenoxy) is 1. The Hall–Kier alpha value is -2.83. The molecule has 3 heterocycles. The molecule has 2 amide bonds. The smallest absolute Gasteiger partial charge is 0.227 e. The van der Waals surface area contributed by atoms with Crippen molar-refractivity contribution in [1.29, 1.82) is 0 Å². The lowest BCUT2D eigenvalue weighted by Gasteiger charge is -2.24. The maximum atomic E-state index is 12.5. The van der Waals surface area contributed by atoms with Crippen LogP contribution in [0.2, 0.25) is 0 Å². The van der Waals surface area contributed by atoms with Crippen molar-refractivity contribution in [2.45, 2.75) is 39.4 Å². The number of para-hydroxylation sites is 1. The summed E-state index contributed by atoms with van der Waals surface area (Å²) in [6.07, 6.45) is 1.58. The molecule has 0 aliphatic carbocycles. The fourth-order valence-electron chi connectivity index (χ4n) is 3.70. The molecular weight excluding hydrogens is 344 g/mol. The summed E-state index contributed by atoms with van der Waals surface area (Å²) in [5.41, 5.74) is 2.91. The van der Waals surface area contributed by atoms with Gasteiger partial charge in [0.2, 0.25) is 11.8 Å². The molecule has 0 radical (unpaired) electrons. The molecule has 1 atom stereocenters. The van der Waals surface area contributed by atoms with Gasteiger partial charge in [0.25, 0.3) is 0 Å². The molecule has 4 rings (SSSR count). The highest BCUT2D eigenvalue weighted by molar-refractivity contribution is 5.79. The van der Waals surface area contributed by atoms with E-state index in [9.17, 15) is 9.59 Å². The number of amides is 2. The van der Waals surface area contributed by atoms with Crippen LogP contribution in [0.5, 0.6) is 5.75 Å². The van der Waals surface area contributed by atoms with Crippen LogP contribution < -0.4 is 10.1 Å². The van der Waals surface area contributed by atoms with Crippen molar-refractivity contribution in [1.82, 2.24) is 20.0 Å². The standard InChI is InChI=1S/C20H24N4O3/c1-14(25)23-7-4-8-24-18(12-23)10-17(22-24)11-21-20(26)16-9-15-5-2-3-6-19(15)27-13-16/h2-3,5-6,10,16H,4,7-9,11-13H2,1H3,(H,21,26). The van der Waals surface area contributed by atoms with Gasteiger partial charge in [0.15, 0.2) is 0 Å². The van der Waals surface area contributed by atoms with E-state index < -0.39 is 0 Å². The van der Waals surface area contributed by atoms with Crippen molar-refractivity contribution in [2.75, 3.05) is 13.2 Å². The number of fused-ring (bicyclic) bond motifs is 2. The minimum absolute atomic E-state index is 0.0157. The normalized spacial score (nSPS) is 18.7. The summed E-state index contributed by atoms with van der Waals surface area (Å²) in [5, 5.41) is 7.57. The van der Waals surface area contributed by atoms with Crippen molar-refractivity contribution < 1.29 is 14.3 Å². The zero-order valence-electron chi connectivity index (χ0n) is 15.5. The summed E-state index contributed by atoms with van der Waals surface area (Å²) in [6, 6.07) is 9.82. The minimum Gasteiger partial charge on any atom is -0.492 e. The molecule has 142 valence electrons. The highest BCUT2D eigenvalue weighted by Crippen LogP contribution is 2.26. The predicted molar refractivity (Wildman–Crippen MR) is 98.9 cm³/mol. The highest BCUT2D eigenvalue weighted by atomic mass is 16.5. The van der Waals surface area contributed by atoms with Gasteiger partial charge in [-0.1, -0.05) is 18.2 Å². The molecule has 0 saturated heterocycles. The molecule has 0 saturated carbocycles. The van der Waals surface area contributed by atoms with E-state index in [2.05, 4.69) is 10.4 Å². The van der Waals surface area contributed by atoms with Gasteiger partial charge in [-0.2, -0.15) is 5.10 Å². The fourth-order valence-corrected chi connectivity index (χ4v) is 3.70. The number of rotatable bonds is 3. The molecule has 0 fully saturated rings. The molecule has 1 N–H and O–H groups in total. The van der Waals surface area contributed by atoms with Gasteiger partial charge in [-0.3, -0.25) is 14.3 Å². The van der Waals surface area contributed by atoms with Gasteiger partial charge in [0, 0.05) is 20.0 Å². The molecule has 0 bridgehead atoms. The molecule has 27 heavy (non-hydrogen) atoms. The minimum atomic E-state index is -0.187. The Morgan fingerprint density at radius 1 is 1.30 bits per heavy atom. The van der Waals surface area contributed by atoms with Gasteiger partial charge < -0.3 is 15.0 Å². The second kappa shape index (κ2) is 7.42. The molecule has 1 aromatic carbocycles. The van der Waals surface area contributed by atoms with Gasteiger partial charge in [-0.05, 0) is 30.5 Å². The molecule has 1 unspecified atom stereocenters. The first-order chi connectivity index (χ1) is 13.1. The number of benzene rings is 1. The number of carbonyl (C=O) groups excluding carboxylic acids is 2. The van der Waals surface area contributed by atoms with Gasteiger partial charge in [0.1, 0.15) is 12.4 Å². The fraction of sp³-hybridized carbons (Fsp3) is 0.450. The van der Waals surface area contributed by atoms with E-state index in [1.165, 1.54) is 0 Å². The Morgan fingerprint density at radius 2 is 2.15 bits per heavy atom. The van der Waals surface area contributed by atoms with Crippen molar-refractivity contribution in [3.05, 3.63) is 47.3 Å². The van der Waals surface area contributed by atoms with E-state index in [1.807, 2.05) is 39.9 Å². The van der Waals surface area contributed by atoms with E-state index in [-0.39, 0.29) is 17.7 Å². The first-order valence-electron chi connectivity index (χ1n) is 9.39. The van der Waals surface area contributed by atoms with Crippen LogP contribution in [0.25, 0.3) is 0 Å². The monoisotopic (exact) mass is 368 g/mol. The average Bonchev–Trinajstić information content (AvgIpc) is 2.95. The zero-order chi connectivity index (χ0) is 18.8. The van der Waals surface area contributed by atoms with Crippen LogP contribution in [-0.4, -0.2) is 39.6 Å². The topological polar surface area (TPSA) is 76.5 Å². The third kappa shape index (κ3) is 3.82. The lowest BCUT2D eigenvalue weighted by molar-refractivity contribution is -0.129. The number of nitrogens with zero attached hydrogens (tertiary/aromatic N) is 3. The Bertz CT molecular complexity index is 861. The summed E-state index contributed by atoms with van der Waals surface area (Å²) >= 11 is 0. The van der Waals surface area contributed by atoms with E-state index in [4.69, 9.17) is 4.74 Å². The summed E-state index contributed by atoms with van der Waals surface area (Å²) in [7, 11) is 0. The van der Waals surface area contributed by atoms with Crippen LogP contribution in [-0.2, 0) is 35.6 Å². The van der Waals surface area contributed by atoms with Gasteiger partial charge in [0.05, 0.1) is 30.4 Å². The van der Waals surface area contributed by atoms with E-state index in [0.29, 0.717) is 26.1 Å². The lowest BCUT2D eigenvalue weighted by atomic mass is 9.96. The maximum Gasteiger partial charge on any atom is 0.227 e. The van der Waals surface area contributed by atoms with E-state index in [0.717, 1.165) is 42.2 Å². The summed E-state index contributed by atoms with van der Waals surface area (Å²) in [5.74, 6) is 0.748. The predicted octanol–water partition coefficient (Wildman–Crippen LogP) is 1.50. The van der Waals surface area contributed by atoms with Crippen LogP contribution in [0.3, 0.4) is 0 Å². The second-order valence-electron chi connectivity index (χ2n) is 7.18. The Morgan fingerprint density at radius 3 is 3.00 bits per heavy atom. The molecule has 2 aliphatic heterocycles. The summed E-state index contributed by atoms with van der Waals surface area (Å²) < 4.78 is 7.65. The van der Waals surface area contributed by atoms with Crippen molar-refractivity contribution in [3.63, 3.8) is 0 Å². The molecule has 0 spiro atoms. The number of carbonyl (C=O) groups is 2. The van der Waals surface area contributed by atoms with Crippen molar-refractivity contribution >= 4 is 11.8 Å². The molecule has 2 aliphatic rings. The van der Waals surface area contributed by atoms with Crippen LogP contribution >= 0.6 is 0 Å². The third-order valence-electron chi connectivity index (χ3n) is 5.20. The third-order valence-corrected chi connectivity index (χ3v) is 5.20. The Balaban J connectivity index is 1.36. The molecule has 7 nitrogen and oxygen atoms in total. The number of hydrogen-bond acceptors (Lipinski definition) is 4. The molecule has 7 heteroatoms. The second-order valence-corrected chi connectivity index (χ2v) is 7.18. The van der Waals surface area contributed by atoms with Gasteiger partial charge in [-0.25, -0.2) is 0 Å². The van der Waals surface area contributed by atoms with Crippen LogP contribution in [0.1, 0.15) is 30.3 Å². The van der Waals surface area contributed by atoms with Crippen molar-refractivity contribution in [2.24, 2.45) is 5.92 Å².